The summed E-state index contributed by atoms with van der Waals surface area (Å²) in [6, 6.07) is 12.5. The molecule has 0 fully saturated rings. The predicted molar refractivity (Wildman–Crippen MR) is 71.7 cm³/mol. The van der Waals surface area contributed by atoms with Gasteiger partial charge in [0.1, 0.15) is 17.6 Å². The van der Waals surface area contributed by atoms with Crippen molar-refractivity contribution in [1.29, 1.82) is 0 Å². The van der Waals surface area contributed by atoms with Gasteiger partial charge in [0.05, 0.1) is 10.6 Å². The summed E-state index contributed by atoms with van der Waals surface area (Å²) in [5.74, 6) is 0. The zero-order valence-corrected chi connectivity index (χ0v) is 10.2. The lowest BCUT2D eigenvalue weighted by atomic mass is 10.1. The third-order valence-corrected chi connectivity index (χ3v) is 2.80. The van der Waals surface area contributed by atoms with Crippen LogP contribution in [0.25, 0.3) is 22.6 Å². The molecule has 0 aliphatic heterocycles. The highest BCUT2D eigenvalue weighted by atomic mass is 16.6. The van der Waals surface area contributed by atoms with Crippen LogP contribution in [-0.2, 0) is 0 Å². The average Bonchev–Trinajstić information content (AvgIpc) is 2.97. The fourth-order valence-electron chi connectivity index (χ4n) is 1.84. The fraction of sp³-hybridized carbons (Fsp3) is 0. The number of aromatic amines is 1. The standard InChI is InChI=1S/C13H9N5O2/c19-18(20)10-6-7-11(14-8-10)13-12(15-17-16-13)9-4-2-1-3-5-9/h1-8H,(H,15,16,17). The monoisotopic (exact) mass is 267 g/mol. The normalized spacial score (nSPS) is 10.4. The highest BCUT2D eigenvalue weighted by molar-refractivity contribution is 5.75. The van der Waals surface area contributed by atoms with E-state index < -0.39 is 4.92 Å². The Kier molecular flexibility index (Phi) is 2.92. The topological polar surface area (TPSA) is 97.6 Å². The lowest BCUT2D eigenvalue weighted by Gasteiger charge is -2.00. The summed E-state index contributed by atoms with van der Waals surface area (Å²) >= 11 is 0. The number of nitro groups is 1. The van der Waals surface area contributed by atoms with Gasteiger partial charge < -0.3 is 0 Å². The summed E-state index contributed by atoms with van der Waals surface area (Å²) in [5, 5.41) is 21.4. The Hall–Kier alpha value is -3.09. The second-order valence-corrected chi connectivity index (χ2v) is 4.05. The molecule has 0 atom stereocenters. The van der Waals surface area contributed by atoms with E-state index >= 15 is 0 Å². The molecule has 0 unspecified atom stereocenters. The van der Waals surface area contributed by atoms with Gasteiger partial charge in [-0.15, -0.1) is 0 Å². The molecule has 2 heterocycles. The molecule has 20 heavy (non-hydrogen) atoms. The van der Waals surface area contributed by atoms with Crippen LogP contribution in [0.3, 0.4) is 0 Å². The van der Waals surface area contributed by atoms with Gasteiger partial charge in [-0.2, -0.15) is 15.4 Å². The minimum absolute atomic E-state index is 0.0569. The third kappa shape index (κ3) is 2.12. The minimum atomic E-state index is -0.488. The van der Waals surface area contributed by atoms with E-state index in [-0.39, 0.29) is 5.69 Å². The van der Waals surface area contributed by atoms with Crippen LogP contribution < -0.4 is 0 Å². The predicted octanol–water partition coefficient (Wildman–Crippen LogP) is 2.44. The molecule has 0 saturated heterocycles. The third-order valence-electron chi connectivity index (χ3n) is 2.80. The first-order chi connectivity index (χ1) is 9.75. The number of pyridine rings is 1. The molecule has 1 aromatic carbocycles. The maximum Gasteiger partial charge on any atom is 0.287 e. The van der Waals surface area contributed by atoms with Gasteiger partial charge in [-0.1, -0.05) is 30.3 Å². The second-order valence-electron chi connectivity index (χ2n) is 4.05. The van der Waals surface area contributed by atoms with Gasteiger partial charge in [0.2, 0.25) is 0 Å². The van der Waals surface area contributed by atoms with Crippen molar-refractivity contribution in [1.82, 2.24) is 20.4 Å². The number of nitrogens with one attached hydrogen (secondary N) is 1. The number of nitrogens with zero attached hydrogens (tertiary/aromatic N) is 4. The van der Waals surface area contributed by atoms with E-state index in [2.05, 4.69) is 20.4 Å². The van der Waals surface area contributed by atoms with Gasteiger partial charge in [-0.05, 0) is 6.07 Å². The fourth-order valence-corrected chi connectivity index (χ4v) is 1.84. The van der Waals surface area contributed by atoms with Crippen LogP contribution in [-0.4, -0.2) is 25.3 Å². The second kappa shape index (κ2) is 4.88. The van der Waals surface area contributed by atoms with Crippen molar-refractivity contribution in [3.63, 3.8) is 0 Å². The molecule has 0 spiro atoms. The highest BCUT2D eigenvalue weighted by Gasteiger charge is 2.14. The minimum Gasteiger partial charge on any atom is -0.258 e. The number of rotatable bonds is 3. The summed E-state index contributed by atoms with van der Waals surface area (Å²) in [6.07, 6.45) is 1.21. The summed E-state index contributed by atoms with van der Waals surface area (Å²) in [6.45, 7) is 0. The molecule has 0 saturated carbocycles. The maximum atomic E-state index is 10.6. The molecule has 7 heteroatoms. The van der Waals surface area contributed by atoms with Crippen LogP contribution in [0.4, 0.5) is 5.69 Å². The smallest absolute Gasteiger partial charge is 0.258 e. The van der Waals surface area contributed by atoms with E-state index in [4.69, 9.17) is 0 Å². The molecule has 3 aromatic rings. The average molecular weight is 267 g/mol. The van der Waals surface area contributed by atoms with Crippen molar-refractivity contribution in [2.24, 2.45) is 0 Å². The van der Waals surface area contributed by atoms with Crippen LogP contribution in [0, 0.1) is 10.1 Å². The molecule has 0 bridgehead atoms. The number of aromatic nitrogens is 4. The lowest BCUT2D eigenvalue weighted by Crippen LogP contribution is -1.91. The molecular weight excluding hydrogens is 258 g/mol. The Morgan fingerprint density at radius 1 is 1.00 bits per heavy atom. The molecule has 0 radical (unpaired) electrons. The molecule has 1 N–H and O–H groups in total. The number of hydrogen-bond acceptors (Lipinski definition) is 5. The Morgan fingerprint density at radius 2 is 1.75 bits per heavy atom. The summed E-state index contributed by atoms with van der Waals surface area (Å²) in [5.41, 5.74) is 2.59. The van der Waals surface area contributed by atoms with E-state index in [1.54, 1.807) is 6.07 Å². The molecule has 3 rings (SSSR count). The molecule has 0 aliphatic rings. The first-order valence-corrected chi connectivity index (χ1v) is 5.83. The molecular formula is C13H9N5O2. The zero-order valence-electron chi connectivity index (χ0n) is 10.2. The van der Waals surface area contributed by atoms with Crippen LogP contribution in [0.1, 0.15) is 0 Å². The number of benzene rings is 1. The Balaban J connectivity index is 2.04. The van der Waals surface area contributed by atoms with Crippen molar-refractivity contribution in [3.05, 3.63) is 58.8 Å². The summed E-state index contributed by atoms with van der Waals surface area (Å²) < 4.78 is 0. The van der Waals surface area contributed by atoms with Gasteiger partial charge in [0.15, 0.2) is 0 Å². The first kappa shape index (κ1) is 12.0. The van der Waals surface area contributed by atoms with E-state index in [0.29, 0.717) is 17.1 Å². The van der Waals surface area contributed by atoms with Crippen molar-refractivity contribution in [2.45, 2.75) is 0 Å². The van der Waals surface area contributed by atoms with Gasteiger partial charge >= 0.3 is 0 Å². The Labute approximate surface area is 113 Å². The largest absolute Gasteiger partial charge is 0.287 e. The number of hydrogen-bond donors (Lipinski definition) is 1. The Morgan fingerprint density at radius 3 is 2.40 bits per heavy atom. The summed E-state index contributed by atoms with van der Waals surface area (Å²) in [4.78, 5) is 14.2. The van der Waals surface area contributed by atoms with E-state index in [0.717, 1.165) is 5.56 Å². The molecule has 0 aliphatic carbocycles. The van der Waals surface area contributed by atoms with Gasteiger partial charge in [0, 0.05) is 11.6 Å². The van der Waals surface area contributed by atoms with Crippen LogP contribution in [0.5, 0.6) is 0 Å². The molecule has 2 aromatic heterocycles. The first-order valence-electron chi connectivity index (χ1n) is 5.83. The quantitative estimate of drug-likeness (QED) is 0.580. The zero-order chi connectivity index (χ0) is 13.9. The van der Waals surface area contributed by atoms with Crippen molar-refractivity contribution >= 4 is 5.69 Å². The molecule has 98 valence electrons. The van der Waals surface area contributed by atoms with Crippen LogP contribution in [0.15, 0.2) is 48.7 Å². The van der Waals surface area contributed by atoms with E-state index in [1.165, 1.54) is 12.3 Å². The van der Waals surface area contributed by atoms with Gasteiger partial charge in [-0.3, -0.25) is 10.1 Å². The van der Waals surface area contributed by atoms with E-state index in [9.17, 15) is 10.1 Å². The van der Waals surface area contributed by atoms with Crippen LogP contribution in [0.2, 0.25) is 0 Å². The van der Waals surface area contributed by atoms with Crippen molar-refractivity contribution in [3.8, 4) is 22.6 Å². The SMILES string of the molecule is O=[N+]([O-])c1ccc(-c2n[nH]nc2-c2ccccc2)nc1. The Bertz CT molecular complexity index is 737. The van der Waals surface area contributed by atoms with Gasteiger partial charge in [0.25, 0.3) is 5.69 Å². The molecule has 0 amide bonds. The van der Waals surface area contributed by atoms with Gasteiger partial charge in [-0.25, -0.2) is 4.98 Å². The van der Waals surface area contributed by atoms with E-state index in [1.807, 2.05) is 30.3 Å². The highest BCUT2D eigenvalue weighted by Crippen LogP contribution is 2.27. The summed E-state index contributed by atoms with van der Waals surface area (Å²) in [7, 11) is 0. The van der Waals surface area contributed by atoms with Crippen molar-refractivity contribution < 1.29 is 4.92 Å². The maximum absolute atomic E-state index is 10.6. The molecule has 7 nitrogen and oxygen atoms in total. The van der Waals surface area contributed by atoms with Crippen LogP contribution >= 0.6 is 0 Å². The van der Waals surface area contributed by atoms with Crippen molar-refractivity contribution in [2.75, 3.05) is 0 Å². The number of H-pyrrole nitrogens is 1. The lowest BCUT2D eigenvalue weighted by molar-refractivity contribution is -0.385.